The van der Waals surface area contributed by atoms with Crippen molar-refractivity contribution in [1.29, 1.82) is 0 Å². The second-order valence-electron chi connectivity index (χ2n) is 3.12. The van der Waals surface area contributed by atoms with Crippen molar-refractivity contribution in [3.05, 3.63) is 11.6 Å². The Bertz CT molecular complexity index is 284. The topological polar surface area (TPSA) is 55.6 Å². The van der Waals surface area contributed by atoms with E-state index in [-0.39, 0.29) is 0 Å². The summed E-state index contributed by atoms with van der Waals surface area (Å²) in [5.41, 5.74) is 1.33. The number of nitrogens with one attached hydrogen (secondary N) is 1. The molecule has 1 N–H and O–H groups in total. The molecule has 0 saturated heterocycles. The van der Waals surface area contributed by atoms with Crippen LogP contribution in [0.1, 0.15) is 20.3 Å². The minimum Gasteiger partial charge on any atom is -0.353 e. The molecule has 1 aromatic rings. The zero-order chi connectivity index (χ0) is 9.68. The van der Waals surface area contributed by atoms with Crippen LogP contribution in [0.4, 0.5) is 5.95 Å². The average molecular weight is 181 g/mol. The number of anilines is 1. The van der Waals surface area contributed by atoms with E-state index >= 15 is 0 Å². The van der Waals surface area contributed by atoms with Crippen molar-refractivity contribution in [2.24, 2.45) is 7.05 Å². The third kappa shape index (κ3) is 3.23. The minimum atomic E-state index is 0.710. The summed E-state index contributed by atoms with van der Waals surface area (Å²) in [5, 5.41) is 14.2. The third-order valence-electron chi connectivity index (χ3n) is 1.60. The number of aryl methyl sites for hydroxylation is 1. The predicted molar refractivity (Wildman–Crippen MR) is 51.3 cm³/mol. The maximum absolute atomic E-state index is 3.80. The number of tetrazole rings is 1. The maximum Gasteiger partial charge on any atom is 0.242 e. The highest BCUT2D eigenvalue weighted by Gasteiger charge is 1.97. The molecule has 0 aliphatic heterocycles. The second-order valence-corrected chi connectivity index (χ2v) is 3.12. The molecule has 1 rings (SSSR count). The Morgan fingerprint density at radius 1 is 1.54 bits per heavy atom. The van der Waals surface area contributed by atoms with E-state index in [1.165, 1.54) is 5.57 Å². The summed E-state index contributed by atoms with van der Waals surface area (Å²) in [5.74, 6) is 0.710. The van der Waals surface area contributed by atoms with Crippen LogP contribution in [0.15, 0.2) is 11.6 Å². The van der Waals surface area contributed by atoms with Gasteiger partial charge in [-0.25, -0.2) is 4.68 Å². The summed E-state index contributed by atoms with van der Waals surface area (Å²) in [6.45, 7) is 5.03. The SMILES string of the molecule is CC(C)=CCCNc1nnnn1C. The normalized spacial score (nSPS) is 9.77. The monoisotopic (exact) mass is 181 g/mol. The van der Waals surface area contributed by atoms with Gasteiger partial charge in [0.25, 0.3) is 0 Å². The molecule has 1 aromatic heterocycles. The number of nitrogens with zero attached hydrogens (tertiary/aromatic N) is 4. The van der Waals surface area contributed by atoms with Gasteiger partial charge < -0.3 is 5.32 Å². The smallest absolute Gasteiger partial charge is 0.242 e. The van der Waals surface area contributed by atoms with Crippen molar-refractivity contribution in [2.45, 2.75) is 20.3 Å². The van der Waals surface area contributed by atoms with Gasteiger partial charge in [0.2, 0.25) is 5.95 Å². The zero-order valence-corrected chi connectivity index (χ0v) is 8.28. The van der Waals surface area contributed by atoms with Gasteiger partial charge in [-0.1, -0.05) is 16.7 Å². The molecular formula is C8H15N5. The highest BCUT2D eigenvalue weighted by Crippen LogP contribution is 1.97. The van der Waals surface area contributed by atoms with E-state index < -0.39 is 0 Å². The van der Waals surface area contributed by atoms with Crippen LogP contribution in [0.25, 0.3) is 0 Å². The standard InChI is InChI=1S/C8H15N5/c1-7(2)5-4-6-9-8-10-11-12-13(8)3/h5H,4,6H2,1-3H3,(H,9,10,12). The fraction of sp³-hybridized carbons (Fsp3) is 0.625. The van der Waals surface area contributed by atoms with E-state index in [0.717, 1.165) is 13.0 Å². The quantitative estimate of drug-likeness (QED) is 0.555. The average Bonchev–Trinajstić information content (AvgIpc) is 2.45. The van der Waals surface area contributed by atoms with Gasteiger partial charge in [-0.2, -0.15) is 0 Å². The Hall–Kier alpha value is -1.39. The lowest BCUT2D eigenvalue weighted by Gasteiger charge is -2.00. The molecule has 5 nitrogen and oxygen atoms in total. The number of hydrogen-bond donors (Lipinski definition) is 1. The van der Waals surface area contributed by atoms with E-state index in [1.807, 2.05) is 7.05 Å². The van der Waals surface area contributed by atoms with Crippen LogP contribution in [-0.2, 0) is 7.05 Å². The van der Waals surface area contributed by atoms with Gasteiger partial charge in [-0.15, -0.1) is 0 Å². The van der Waals surface area contributed by atoms with Crippen LogP contribution in [0.5, 0.6) is 0 Å². The Morgan fingerprint density at radius 3 is 2.85 bits per heavy atom. The van der Waals surface area contributed by atoms with E-state index in [0.29, 0.717) is 5.95 Å². The first kappa shape index (κ1) is 9.70. The Kier molecular flexibility index (Phi) is 3.42. The first-order chi connectivity index (χ1) is 6.20. The molecule has 0 amide bonds. The van der Waals surface area contributed by atoms with E-state index in [2.05, 4.69) is 40.8 Å². The van der Waals surface area contributed by atoms with Crippen molar-refractivity contribution in [1.82, 2.24) is 20.2 Å². The largest absolute Gasteiger partial charge is 0.353 e. The molecule has 0 bridgehead atoms. The molecule has 0 aliphatic rings. The summed E-state index contributed by atoms with van der Waals surface area (Å²) in [4.78, 5) is 0. The van der Waals surface area contributed by atoms with Crippen molar-refractivity contribution >= 4 is 5.95 Å². The lowest BCUT2D eigenvalue weighted by molar-refractivity contribution is 0.712. The van der Waals surface area contributed by atoms with Crippen LogP contribution in [0.2, 0.25) is 0 Å². The van der Waals surface area contributed by atoms with Crippen molar-refractivity contribution < 1.29 is 0 Å². The molecular weight excluding hydrogens is 166 g/mol. The van der Waals surface area contributed by atoms with Gasteiger partial charge in [0.05, 0.1) is 0 Å². The zero-order valence-electron chi connectivity index (χ0n) is 8.28. The Labute approximate surface area is 77.8 Å². The molecule has 0 atom stereocenters. The van der Waals surface area contributed by atoms with Crippen molar-refractivity contribution in [3.8, 4) is 0 Å². The number of aromatic nitrogens is 4. The highest BCUT2D eigenvalue weighted by atomic mass is 15.6. The van der Waals surface area contributed by atoms with Crippen LogP contribution >= 0.6 is 0 Å². The fourth-order valence-corrected chi connectivity index (χ4v) is 0.924. The second kappa shape index (κ2) is 4.59. The number of hydrogen-bond acceptors (Lipinski definition) is 4. The van der Waals surface area contributed by atoms with E-state index in [9.17, 15) is 0 Å². The molecule has 0 saturated carbocycles. The lowest BCUT2D eigenvalue weighted by Crippen LogP contribution is -2.06. The minimum absolute atomic E-state index is 0.710. The van der Waals surface area contributed by atoms with Gasteiger partial charge in [-0.3, -0.25) is 0 Å². The molecule has 0 unspecified atom stereocenters. The van der Waals surface area contributed by atoms with Crippen LogP contribution in [0.3, 0.4) is 0 Å². The van der Waals surface area contributed by atoms with Crippen molar-refractivity contribution in [2.75, 3.05) is 11.9 Å². The highest BCUT2D eigenvalue weighted by molar-refractivity contribution is 5.20. The molecule has 5 heteroatoms. The van der Waals surface area contributed by atoms with Crippen LogP contribution in [-0.4, -0.2) is 26.8 Å². The third-order valence-corrected chi connectivity index (χ3v) is 1.60. The van der Waals surface area contributed by atoms with Crippen LogP contribution in [0, 0.1) is 0 Å². The van der Waals surface area contributed by atoms with E-state index in [1.54, 1.807) is 4.68 Å². The van der Waals surface area contributed by atoms with Crippen molar-refractivity contribution in [3.63, 3.8) is 0 Å². The van der Waals surface area contributed by atoms with Gasteiger partial charge in [-0.05, 0) is 30.7 Å². The number of allylic oxidation sites excluding steroid dienone is 1. The molecule has 1 heterocycles. The van der Waals surface area contributed by atoms with Gasteiger partial charge in [0.1, 0.15) is 0 Å². The predicted octanol–water partition coefficient (Wildman–Crippen LogP) is 0.978. The Balaban J connectivity index is 2.28. The summed E-state index contributed by atoms with van der Waals surface area (Å²) < 4.78 is 1.61. The van der Waals surface area contributed by atoms with Gasteiger partial charge in [0.15, 0.2) is 0 Å². The van der Waals surface area contributed by atoms with E-state index in [4.69, 9.17) is 0 Å². The summed E-state index contributed by atoms with van der Waals surface area (Å²) in [6.07, 6.45) is 3.17. The molecule has 13 heavy (non-hydrogen) atoms. The first-order valence-electron chi connectivity index (χ1n) is 4.29. The molecule has 72 valence electrons. The molecule has 0 radical (unpaired) electrons. The van der Waals surface area contributed by atoms with Gasteiger partial charge in [0, 0.05) is 13.6 Å². The molecule has 0 spiro atoms. The molecule has 0 aromatic carbocycles. The van der Waals surface area contributed by atoms with Crippen LogP contribution < -0.4 is 5.32 Å². The molecule has 0 aliphatic carbocycles. The Morgan fingerprint density at radius 2 is 2.31 bits per heavy atom. The first-order valence-corrected chi connectivity index (χ1v) is 4.29. The summed E-state index contributed by atoms with van der Waals surface area (Å²) >= 11 is 0. The fourth-order valence-electron chi connectivity index (χ4n) is 0.924. The molecule has 0 fully saturated rings. The lowest BCUT2D eigenvalue weighted by atomic mass is 10.3. The van der Waals surface area contributed by atoms with Gasteiger partial charge >= 0.3 is 0 Å². The maximum atomic E-state index is 3.80. The summed E-state index contributed by atoms with van der Waals surface area (Å²) in [6, 6.07) is 0. The number of rotatable bonds is 4. The summed E-state index contributed by atoms with van der Waals surface area (Å²) in [7, 11) is 1.81.